The number of nitrogens with zero attached hydrogens (tertiary/aromatic N) is 1. The zero-order valence-corrected chi connectivity index (χ0v) is 9.54. The van der Waals surface area contributed by atoms with Crippen LogP contribution in [0.25, 0.3) is 0 Å². The van der Waals surface area contributed by atoms with E-state index < -0.39 is 0 Å². The van der Waals surface area contributed by atoms with Gasteiger partial charge in [0.15, 0.2) is 0 Å². The third kappa shape index (κ3) is 3.31. The largest absolute Gasteiger partial charge is 0.468 e. The first-order valence-electron chi connectivity index (χ1n) is 5.45. The quantitative estimate of drug-likeness (QED) is 0.609. The number of hydrogen-bond acceptors (Lipinski definition) is 5. The van der Waals surface area contributed by atoms with E-state index in [0.29, 0.717) is 13.1 Å². The summed E-state index contributed by atoms with van der Waals surface area (Å²) in [4.78, 5) is 1.92. The van der Waals surface area contributed by atoms with Gasteiger partial charge in [-0.15, -0.1) is 0 Å². The molecule has 0 saturated heterocycles. The molecule has 16 heavy (non-hydrogen) atoms. The van der Waals surface area contributed by atoms with Crippen LogP contribution in [0.4, 0.5) is 0 Å². The van der Waals surface area contributed by atoms with Gasteiger partial charge in [0.25, 0.3) is 0 Å². The van der Waals surface area contributed by atoms with Crippen LogP contribution in [0.1, 0.15) is 18.7 Å². The van der Waals surface area contributed by atoms with Crippen LogP contribution in [-0.4, -0.2) is 47.5 Å². The highest BCUT2D eigenvalue weighted by Gasteiger charge is 2.25. The van der Waals surface area contributed by atoms with Crippen LogP contribution in [-0.2, 0) is 0 Å². The maximum Gasteiger partial charge on any atom is 0.122 e. The van der Waals surface area contributed by atoms with Crippen LogP contribution in [0.15, 0.2) is 22.8 Å². The monoisotopic (exact) mass is 228 g/mol. The zero-order valence-electron chi connectivity index (χ0n) is 9.54. The third-order valence-electron chi connectivity index (χ3n) is 2.50. The van der Waals surface area contributed by atoms with E-state index in [0.717, 1.165) is 5.76 Å². The molecule has 0 aromatic carbocycles. The van der Waals surface area contributed by atoms with Crippen molar-refractivity contribution in [1.29, 1.82) is 0 Å². The molecule has 0 bridgehead atoms. The summed E-state index contributed by atoms with van der Waals surface area (Å²) >= 11 is 0. The Morgan fingerprint density at radius 1 is 1.38 bits per heavy atom. The summed E-state index contributed by atoms with van der Waals surface area (Å²) < 4.78 is 5.35. The van der Waals surface area contributed by atoms with Gasteiger partial charge in [-0.25, -0.2) is 0 Å². The Labute approximate surface area is 95.5 Å². The lowest BCUT2D eigenvalue weighted by Crippen LogP contribution is -2.42. The van der Waals surface area contributed by atoms with Gasteiger partial charge >= 0.3 is 0 Å². The van der Waals surface area contributed by atoms with Gasteiger partial charge in [0.05, 0.1) is 25.5 Å². The molecule has 92 valence electrons. The molecule has 1 rings (SSSR count). The Bertz CT molecular complexity index is 269. The summed E-state index contributed by atoms with van der Waals surface area (Å²) in [5.74, 6) is 0.761. The molecular weight excluding hydrogens is 208 g/mol. The molecule has 4 N–H and O–H groups in total. The minimum absolute atomic E-state index is 0.0317. The number of nitrogens with two attached hydrogens (primary N) is 1. The smallest absolute Gasteiger partial charge is 0.122 e. The summed E-state index contributed by atoms with van der Waals surface area (Å²) in [6.07, 6.45) is 1.60. The lowest BCUT2D eigenvalue weighted by atomic mass is 10.1. The highest BCUT2D eigenvalue weighted by molar-refractivity contribution is 5.07. The van der Waals surface area contributed by atoms with Gasteiger partial charge in [0.1, 0.15) is 5.76 Å². The number of aliphatic hydroxyl groups excluding tert-OH is 2. The van der Waals surface area contributed by atoms with Crippen molar-refractivity contribution in [1.82, 2.24) is 4.90 Å². The maximum absolute atomic E-state index is 9.00. The normalized spacial score (nSPS) is 15.3. The maximum atomic E-state index is 9.00. The van der Waals surface area contributed by atoms with E-state index in [1.165, 1.54) is 0 Å². The fourth-order valence-corrected chi connectivity index (χ4v) is 1.88. The van der Waals surface area contributed by atoms with Crippen molar-refractivity contribution < 1.29 is 14.6 Å². The molecule has 0 amide bonds. The SMILES string of the molecule is CC(N)C(c1ccco1)N(CCO)CCO. The van der Waals surface area contributed by atoms with E-state index >= 15 is 0 Å². The Morgan fingerprint density at radius 3 is 2.38 bits per heavy atom. The highest BCUT2D eigenvalue weighted by Crippen LogP contribution is 2.23. The van der Waals surface area contributed by atoms with Crippen molar-refractivity contribution in [3.05, 3.63) is 24.2 Å². The molecule has 0 aliphatic carbocycles. The van der Waals surface area contributed by atoms with Gasteiger partial charge in [0.2, 0.25) is 0 Å². The molecular formula is C11H20N2O3. The third-order valence-corrected chi connectivity index (χ3v) is 2.50. The second kappa shape index (κ2) is 6.65. The van der Waals surface area contributed by atoms with Crippen molar-refractivity contribution in [2.45, 2.75) is 19.0 Å². The molecule has 0 saturated carbocycles. The Hall–Kier alpha value is -0.880. The van der Waals surface area contributed by atoms with Gasteiger partial charge in [-0.1, -0.05) is 0 Å². The average Bonchev–Trinajstić information content (AvgIpc) is 2.71. The molecule has 0 spiro atoms. The topological polar surface area (TPSA) is 82.9 Å². The van der Waals surface area contributed by atoms with Crippen molar-refractivity contribution in [2.75, 3.05) is 26.3 Å². The first-order chi connectivity index (χ1) is 7.70. The van der Waals surface area contributed by atoms with Crippen LogP contribution in [0.2, 0.25) is 0 Å². The summed E-state index contributed by atoms with van der Waals surface area (Å²) in [7, 11) is 0. The second-order valence-electron chi connectivity index (χ2n) is 3.80. The van der Waals surface area contributed by atoms with E-state index in [1.807, 2.05) is 17.9 Å². The summed E-state index contributed by atoms with van der Waals surface area (Å²) in [6, 6.07) is 3.41. The minimum atomic E-state index is -0.135. The summed E-state index contributed by atoms with van der Waals surface area (Å²) in [6.45, 7) is 2.88. The number of aliphatic hydroxyl groups is 2. The predicted octanol–water partition coefficient (Wildman–Crippen LogP) is -0.0455. The molecule has 1 aromatic heterocycles. The zero-order chi connectivity index (χ0) is 12.0. The Kier molecular flexibility index (Phi) is 5.48. The van der Waals surface area contributed by atoms with Crippen LogP contribution >= 0.6 is 0 Å². The number of hydrogen-bond donors (Lipinski definition) is 3. The van der Waals surface area contributed by atoms with Gasteiger partial charge in [-0.2, -0.15) is 0 Å². The Morgan fingerprint density at radius 2 is 2.00 bits per heavy atom. The van der Waals surface area contributed by atoms with Gasteiger partial charge in [-0.05, 0) is 19.1 Å². The van der Waals surface area contributed by atoms with Crippen molar-refractivity contribution >= 4 is 0 Å². The second-order valence-corrected chi connectivity index (χ2v) is 3.80. The molecule has 5 nitrogen and oxygen atoms in total. The molecule has 0 radical (unpaired) electrons. The summed E-state index contributed by atoms with van der Waals surface area (Å²) in [5, 5.41) is 18.0. The van der Waals surface area contributed by atoms with E-state index in [2.05, 4.69) is 0 Å². The Balaban J connectivity index is 2.81. The average molecular weight is 228 g/mol. The van der Waals surface area contributed by atoms with E-state index in [-0.39, 0.29) is 25.3 Å². The molecule has 0 fully saturated rings. The molecule has 2 unspecified atom stereocenters. The number of rotatable bonds is 7. The van der Waals surface area contributed by atoms with Crippen molar-refractivity contribution in [2.24, 2.45) is 5.73 Å². The molecule has 2 atom stereocenters. The molecule has 0 aliphatic heterocycles. The first kappa shape index (κ1) is 13.2. The lowest BCUT2D eigenvalue weighted by Gasteiger charge is -2.31. The molecule has 1 aromatic rings. The van der Waals surface area contributed by atoms with Crippen LogP contribution in [0.5, 0.6) is 0 Å². The lowest BCUT2D eigenvalue weighted by molar-refractivity contribution is 0.0995. The van der Waals surface area contributed by atoms with E-state index in [1.54, 1.807) is 12.3 Å². The number of furan rings is 1. The van der Waals surface area contributed by atoms with Crippen LogP contribution in [0, 0.1) is 0 Å². The fraction of sp³-hybridized carbons (Fsp3) is 0.636. The molecule has 5 heteroatoms. The minimum Gasteiger partial charge on any atom is -0.468 e. The van der Waals surface area contributed by atoms with Crippen LogP contribution < -0.4 is 5.73 Å². The first-order valence-corrected chi connectivity index (χ1v) is 5.45. The molecule has 0 aliphatic rings. The van der Waals surface area contributed by atoms with Crippen molar-refractivity contribution in [3.63, 3.8) is 0 Å². The van der Waals surface area contributed by atoms with E-state index in [4.69, 9.17) is 20.4 Å². The molecule has 1 heterocycles. The van der Waals surface area contributed by atoms with Crippen molar-refractivity contribution in [3.8, 4) is 0 Å². The van der Waals surface area contributed by atoms with E-state index in [9.17, 15) is 0 Å². The predicted molar refractivity (Wildman–Crippen MR) is 60.8 cm³/mol. The van der Waals surface area contributed by atoms with Crippen LogP contribution in [0.3, 0.4) is 0 Å². The summed E-state index contributed by atoms with van der Waals surface area (Å²) in [5.41, 5.74) is 5.92. The fourth-order valence-electron chi connectivity index (χ4n) is 1.88. The van der Waals surface area contributed by atoms with Gasteiger partial charge < -0.3 is 20.4 Å². The highest BCUT2D eigenvalue weighted by atomic mass is 16.3. The standard InChI is InChI=1S/C11H20N2O3/c1-9(12)11(10-3-2-8-16-10)13(4-6-14)5-7-15/h2-3,8-9,11,14-15H,4-7,12H2,1H3. The van der Waals surface area contributed by atoms with Gasteiger partial charge in [-0.3, -0.25) is 4.90 Å². The van der Waals surface area contributed by atoms with Gasteiger partial charge in [0, 0.05) is 19.1 Å².